The van der Waals surface area contributed by atoms with E-state index in [1.165, 1.54) is 51.4 Å². The van der Waals surface area contributed by atoms with Gasteiger partial charge in [-0.2, -0.15) is 0 Å². The van der Waals surface area contributed by atoms with Crippen molar-refractivity contribution in [2.75, 3.05) is 13.2 Å². The van der Waals surface area contributed by atoms with Crippen LogP contribution in [0, 0.1) is 23.7 Å². The van der Waals surface area contributed by atoms with Crippen molar-refractivity contribution in [2.45, 2.75) is 51.4 Å². The Morgan fingerprint density at radius 1 is 0.789 bits per heavy atom. The molecule has 2 saturated carbocycles. The van der Waals surface area contributed by atoms with E-state index in [1.807, 2.05) is 5.57 Å². The van der Waals surface area contributed by atoms with Gasteiger partial charge in [-0.15, -0.1) is 0 Å². The van der Waals surface area contributed by atoms with Gasteiger partial charge in [-0.3, -0.25) is 0 Å². The second kappa shape index (κ2) is 5.09. The van der Waals surface area contributed by atoms with E-state index in [1.54, 1.807) is 5.57 Å². The molecule has 19 heavy (non-hydrogen) atoms. The summed E-state index contributed by atoms with van der Waals surface area (Å²) in [5, 5.41) is 0. The van der Waals surface area contributed by atoms with Crippen molar-refractivity contribution in [3.8, 4) is 0 Å². The highest BCUT2D eigenvalue weighted by atomic mass is 16.5. The van der Waals surface area contributed by atoms with Gasteiger partial charge < -0.3 is 4.74 Å². The Bertz CT molecular complexity index is 406. The summed E-state index contributed by atoms with van der Waals surface area (Å²) in [6.07, 6.45) is 16.4. The summed E-state index contributed by atoms with van der Waals surface area (Å²) < 4.78 is 5.75. The topological polar surface area (TPSA) is 9.23 Å². The van der Waals surface area contributed by atoms with Crippen LogP contribution in [0.3, 0.4) is 0 Å². The zero-order chi connectivity index (χ0) is 12.7. The Morgan fingerprint density at radius 3 is 2.68 bits per heavy atom. The third kappa shape index (κ3) is 2.11. The average Bonchev–Trinajstić information content (AvgIpc) is 2.72. The first-order valence-corrected chi connectivity index (χ1v) is 8.42. The summed E-state index contributed by atoms with van der Waals surface area (Å²) in [7, 11) is 0. The minimum absolute atomic E-state index is 0.824. The standard InChI is InChI=1S/C18H26O/c1-2-5-15-13(4-1)7-9-18-16-6-3-11-19-12-14(16)8-10-17(15)18/h8,10,13,15-16,18H,1-7,9,11-12H2. The molecule has 0 aromatic carbocycles. The molecule has 0 aromatic heterocycles. The average molecular weight is 258 g/mol. The predicted octanol–water partition coefficient (Wildman–Crippen LogP) is 4.50. The molecule has 0 aromatic rings. The minimum atomic E-state index is 0.824. The highest BCUT2D eigenvalue weighted by Crippen LogP contribution is 2.51. The van der Waals surface area contributed by atoms with Gasteiger partial charge in [-0.1, -0.05) is 30.6 Å². The number of fused-ring (bicyclic) bond motifs is 5. The lowest BCUT2D eigenvalue weighted by Gasteiger charge is -2.46. The molecule has 4 atom stereocenters. The molecule has 4 rings (SSSR count). The third-order valence-electron chi connectivity index (χ3n) is 6.14. The van der Waals surface area contributed by atoms with E-state index >= 15 is 0 Å². The lowest BCUT2D eigenvalue weighted by atomic mass is 9.59. The van der Waals surface area contributed by atoms with Crippen LogP contribution >= 0.6 is 0 Å². The van der Waals surface area contributed by atoms with Crippen molar-refractivity contribution < 1.29 is 4.74 Å². The largest absolute Gasteiger partial charge is 0.377 e. The van der Waals surface area contributed by atoms with Crippen molar-refractivity contribution >= 4 is 0 Å². The van der Waals surface area contributed by atoms with Gasteiger partial charge in [0, 0.05) is 6.61 Å². The number of ether oxygens (including phenoxy) is 1. The van der Waals surface area contributed by atoms with E-state index in [-0.39, 0.29) is 0 Å². The van der Waals surface area contributed by atoms with Crippen molar-refractivity contribution in [3.63, 3.8) is 0 Å². The molecule has 0 bridgehead atoms. The van der Waals surface area contributed by atoms with E-state index in [0.717, 1.165) is 36.9 Å². The molecule has 0 amide bonds. The summed E-state index contributed by atoms with van der Waals surface area (Å²) >= 11 is 0. The maximum atomic E-state index is 5.75. The van der Waals surface area contributed by atoms with Crippen molar-refractivity contribution in [1.82, 2.24) is 0 Å². The summed E-state index contributed by atoms with van der Waals surface area (Å²) in [6, 6.07) is 0. The van der Waals surface area contributed by atoms with Gasteiger partial charge in [0.2, 0.25) is 0 Å². The van der Waals surface area contributed by atoms with Gasteiger partial charge in [0.05, 0.1) is 6.61 Å². The minimum Gasteiger partial charge on any atom is -0.377 e. The first-order valence-electron chi connectivity index (χ1n) is 8.42. The molecule has 1 heterocycles. The zero-order valence-electron chi connectivity index (χ0n) is 11.9. The number of hydrogen-bond donors (Lipinski definition) is 0. The second-order valence-corrected chi connectivity index (χ2v) is 7.04. The van der Waals surface area contributed by atoms with Crippen LogP contribution in [-0.4, -0.2) is 13.2 Å². The monoisotopic (exact) mass is 258 g/mol. The van der Waals surface area contributed by atoms with Crippen LogP contribution in [0.1, 0.15) is 51.4 Å². The smallest absolute Gasteiger partial charge is 0.0682 e. The highest BCUT2D eigenvalue weighted by molar-refractivity contribution is 5.33. The number of allylic oxidation sites excluding steroid dienone is 3. The first kappa shape index (κ1) is 12.2. The Balaban J connectivity index is 1.64. The SMILES string of the molecule is C1=C2COCCCC2C2CCC3CCCCC3C2=C1. The van der Waals surface area contributed by atoms with Gasteiger partial charge in [-0.05, 0) is 67.8 Å². The Kier molecular flexibility index (Phi) is 3.27. The zero-order valence-corrected chi connectivity index (χ0v) is 11.9. The molecule has 0 spiro atoms. The van der Waals surface area contributed by atoms with E-state index < -0.39 is 0 Å². The fourth-order valence-electron chi connectivity index (χ4n) is 5.23. The normalized spacial score (nSPS) is 42.1. The molecule has 1 nitrogen and oxygen atoms in total. The fourth-order valence-corrected chi connectivity index (χ4v) is 5.23. The van der Waals surface area contributed by atoms with Crippen molar-refractivity contribution in [3.05, 3.63) is 23.3 Å². The molecule has 3 aliphatic carbocycles. The van der Waals surface area contributed by atoms with Crippen LogP contribution in [0.5, 0.6) is 0 Å². The Morgan fingerprint density at radius 2 is 1.68 bits per heavy atom. The van der Waals surface area contributed by atoms with Crippen LogP contribution in [0.4, 0.5) is 0 Å². The molecule has 1 saturated heterocycles. The maximum Gasteiger partial charge on any atom is 0.0682 e. The highest BCUT2D eigenvalue weighted by Gasteiger charge is 2.41. The number of rotatable bonds is 0. The maximum absolute atomic E-state index is 5.75. The predicted molar refractivity (Wildman–Crippen MR) is 77.9 cm³/mol. The molecule has 4 aliphatic rings. The molecule has 104 valence electrons. The van der Waals surface area contributed by atoms with Crippen LogP contribution in [0.25, 0.3) is 0 Å². The molecular weight excluding hydrogens is 232 g/mol. The molecule has 0 N–H and O–H groups in total. The van der Waals surface area contributed by atoms with Gasteiger partial charge >= 0.3 is 0 Å². The Labute approximate surface area is 117 Å². The van der Waals surface area contributed by atoms with Gasteiger partial charge in [0.1, 0.15) is 0 Å². The van der Waals surface area contributed by atoms with Gasteiger partial charge in [-0.25, -0.2) is 0 Å². The molecule has 1 heteroatoms. The molecule has 1 aliphatic heterocycles. The molecular formula is C18H26O. The molecule has 0 radical (unpaired) electrons. The summed E-state index contributed by atoms with van der Waals surface area (Å²) in [6.45, 7) is 1.88. The van der Waals surface area contributed by atoms with Gasteiger partial charge in [0.25, 0.3) is 0 Å². The van der Waals surface area contributed by atoms with E-state index in [2.05, 4.69) is 12.2 Å². The lowest BCUT2D eigenvalue weighted by molar-refractivity contribution is 0.157. The summed E-state index contributed by atoms with van der Waals surface area (Å²) in [5.74, 6) is 3.66. The third-order valence-corrected chi connectivity index (χ3v) is 6.14. The van der Waals surface area contributed by atoms with E-state index in [4.69, 9.17) is 4.74 Å². The van der Waals surface area contributed by atoms with Gasteiger partial charge in [0.15, 0.2) is 0 Å². The van der Waals surface area contributed by atoms with Crippen molar-refractivity contribution in [2.24, 2.45) is 23.7 Å². The molecule has 3 fully saturated rings. The summed E-state index contributed by atoms with van der Waals surface area (Å²) in [5.41, 5.74) is 3.44. The van der Waals surface area contributed by atoms with Crippen molar-refractivity contribution in [1.29, 1.82) is 0 Å². The van der Waals surface area contributed by atoms with Crippen LogP contribution in [0.15, 0.2) is 23.3 Å². The van der Waals surface area contributed by atoms with Crippen LogP contribution in [0.2, 0.25) is 0 Å². The van der Waals surface area contributed by atoms with E-state index in [9.17, 15) is 0 Å². The Hall–Kier alpha value is -0.560. The first-order chi connectivity index (χ1) is 9.43. The second-order valence-electron chi connectivity index (χ2n) is 7.04. The van der Waals surface area contributed by atoms with Crippen LogP contribution in [-0.2, 0) is 4.74 Å². The summed E-state index contributed by atoms with van der Waals surface area (Å²) in [4.78, 5) is 0. The quantitative estimate of drug-likeness (QED) is 0.622. The van der Waals surface area contributed by atoms with E-state index in [0.29, 0.717) is 0 Å². The molecule has 4 unspecified atom stereocenters. The lowest BCUT2D eigenvalue weighted by Crippen LogP contribution is -2.35. The fraction of sp³-hybridized carbons (Fsp3) is 0.778. The van der Waals surface area contributed by atoms with Crippen LogP contribution < -0.4 is 0 Å². The number of hydrogen-bond acceptors (Lipinski definition) is 1.